The highest BCUT2D eigenvalue weighted by Crippen LogP contribution is 2.28. The molecular weight excluding hydrogens is 276 g/mol. The number of carbonyl (C=O) groups is 1. The van der Waals surface area contributed by atoms with Crippen LogP contribution in [0, 0.1) is 12.8 Å². The first-order valence-electron chi connectivity index (χ1n) is 6.95. The molecule has 3 atom stereocenters. The zero-order valence-electron chi connectivity index (χ0n) is 11.8. The Kier molecular flexibility index (Phi) is 5.28. The van der Waals surface area contributed by atoms with Gasteiger partial charge in [-0.25, -0.2) is 4.98 Å². The summed E-state index contributed by atoms with van der Waals surface area (Å²) in [6, 6.07) is 0.363. The average molecular weight is 298 g/mol. The van der Waals surface area contributed by atoms with Gasteiger partial charge in [-0.1, -0.05) is 31.5 Å². The summed E-state index contributed by atoms with van der Waals surface area (Å²) in [5, 5.41) is 5.17. The summed E-state index contributed by atoms with van der Waals surface area (Å²) in [5.74, 6) is 0.758. The van der Waals surface area contributed by atoms with E-state index in [4.69, 9.17) is 0 Å². The van der Waals surface area contributed by atoms with Gasteiger partial charge < -0.3 is 5.32 Å². The second kappa shape index (κ2) is 6.75. The Morgan fingerprint density at radius 1 is 1.53 bits per heavy atom. The van der Waals surface area contributed by atoms with Crippen molar-refractivity contribution in [3.63, 3.8) is 0 Å². The first kappa shape index (κ1) is 14.9. The van der Waals surface area contributed by atoms with Crippen molar-refractivity contribution in [3.05, 3.63) is 11.1 Å². The van der Waals surface area contributed by atoms with E-state index in [1.54, 1.807) is 23.1 Å². The molecule has 5 heteroatoms. The molecule has 3 nitrogen and oxygen atoms in total. The van der Waals surface area contributed by atoms with Gasteiger partial charge >= 0.3 is 0 Å². The molecule has 0 aliphatic heterocycles. The van der Waals surface area contributed by atoms with Gasteiger partial charge in [-0.3, -0.25) is 4.79 Å². The van der Waals surface area contributed by atoms with Crippen molar-refractivity contribution in [2.45, 2.75) is 62.1 Å². The van der Waals surface area contributed by atoms with Gasteiger partial charge in [0.05, 0.1) is 5.25 Å². The van der Waals surface area contributed by atoms with E-state index in [-0.39, 0.29) is 11.2 Å². The van der Waals surface area contributed by atoms with Crippen molar-refractivity contribution in [3.8, 4) is 0 Å². The number of rotatable bonds is 4. The Morgan fingerprint density at radius 2 is 2.26 bits per heavy atom. The summed E-state index contributed by atoms with van der Waals surface area (Å²) in [6.07, 6.45) is 4.90. The molecule has 1 aliphatic carbocycles. The van der Waals surface area contributed by atoms with Gasteiger partial charge in [0.1, 0.15) is 0 Å². The lowest BCUT2D eigenvalue weighted by atomic mass is 9.86. The van der Waals surface area contributed by atoms with Crippen LogP contribution in [0.1, 0.15) is 45.2 Å². The summed E-state index contributed by atoms with van der Waals surface area (Å²) in [4.78, 5) is 16.6. The van der Waals surface area contributed by atoms with E-state index in [0.717, 1.165) is 16.5 Å². The van der Waals surface area contributed by atoms with E-state index >= 15 is 0 Å². The van der Waals surface area contributed by atoms with Crippen LogP contribution in [0.15, 0.2) is 9.72 Å². The lowest BCUT2D eigenvalue weighted by molar-refractivity contribution is -0.121. The first-order valence-corrected chi connectivity index (χ1v) is 8.71. The Bertz CT molecular complexity index is 433. The van der Waals surface area contributed by atoms with Gasteiger partial charge in [-0.2, -0.15) is 0 Å². The van der Waals surface area contributed by atoms with E-state index in [1.165, 1.54) is 19.3 Å². The Hall–Kier alpha value is -0.550. The number of hydrogen-bond donors (Lipinski definition) is 1. The van der Waals surface area contributed by atoms with Crippen LogP contribution in [0.25, 0.3) is 0 Å². The zero-order valence-corrected chi connectivity index (χ0v) is 13.4. The van der Waals surface area contributed by atoms with E-state index in [1.807, 2.05) is 19.2 Å². The molecular formula is C14H22N2OS2. The highest BCUT2D eigenvalue weighted by Gasteiger charge is 2.25. The minimum Gasteiger partial charge on any atom is -0.352 e. The normalized spacial score (nSPS) is 25.0. The fourth-order valence-corrected chi connectivity index (χ4v) is 4.42. The Labute approximate surface area is 123 Å². The average Bonchev–Trinajstić information content (AvgIpc) is 2.77. The number of thiazole rings is 1. The third kappa shape index (κ3) is 4.21. The SMILES string of the molecule is Cc1csc(S[C@H](C)C(=O)N[C@@H]2CCCC[C@H]2C)n1. The molecule has 1 N–H and O–H groups in total. The van der Waals surface area contributed by atoms with Crippen LogP contribution in [-0.2, 0) is 4.79 Å². The maximum atomic E-state index is 12.2. The van der Waals surface area contributed by atoms with E-state index in [2.05, 4.69) is 17.2 Å². The van der Waals surface area contributed by atoms with Crippen LogP contribution in [0.2, 0.25) is 0 Å². The minimum atomic E-state index is -0.0697. The molecule has 1 aliphatic rings. The van der Waals surface area contributed by atoms with Crippen LogP contribution < -0.4 is 5.32 Å². The fraction of sp³-hybridized carbons (Fsp3) is 0.714. The standard InChI is InChI=1S/C14H22N2OS2/c1-9-6-4-5-7-12(9)16-13(17)11(3)19-14-15-10(2)8-18-14/h8-9,11-12H,4-7H2,1-3H3,(H,16,17)/t9-,11-,12-/m1/s1. The van der Waals surface area contributed by atoms with Crippen molar-refractivity contribution in [1.29, 1.82) is 0 Å². The van der Waals surface area contributed by atoms with Crippen LogP contribution in [0.3, 0.4) is 0 Å². The number of aromatic nitrogens is 1. The van der Waals surface area contributed by atoms with Crippen molar-refractivity contribution in [2.24, 2.45) is 5.92 Å². The second-order valence-corrected chi connectivity index (χ2v) is 7.84. The van der Waals surface area contributed by atoms with Gasteiger partial charge in [-0.15, -0.1) is 11.3 Å². The number of nitrogens with one attached hydrogen (secondary N) is 1. The largest absolute Gasteiger partial charge is 0.352 e. The van der Waals surface area contributed by atoms with Gasteiger partial charge in [-0.05, 0) is 32.6 Å². The summed E-state index contributed by atoms with van der Waals surface area (Å²) in [5.41, 5.74) is 1.03. The topological polar surface area (TPSA) is 42.0 Å². The van der Waals surface area contributed by atoms with E-state index < -0.39 is 0 Å². The predicted octanol–water partition coefficient (Wildman–Crippen LogP) is 3.63. The number of amides is 1. The molecule has 1 aromatic rings. The molecule has 2 rings (SSSR count). The highest BCUT2D eigenvalue weighted by atomic mass is 32.2. The van der Waals surface area contributed by atoms with Crippen molar-refractivity contribution < 1.29 is 4.79 Å². The lowest BCUT2D eigenvalue weighted by Gasteiger charge is -2.30. The van der Waals surface area contributed by atoms with E-state index in [0.29, 0.717) is 12.0 Å². The van der Waals surface area contributed by atoms with E-state index in [9.17, 15) is 4.79 Å². The molecule has 1 amide bonds. The van der Waals surface area contributed by atoms with Crippen molar-refractivity contribution in [2.75, 3.05) is 0 Å². The molecule has 0 bridgehead atoms. The molecule has 0 aromatic carbocycles. The maximum Gasteiger partial charge on any atom is 0.233 e. The zero-order chi connectivity index (χ0) is 13.8. The predicted molar refractivity (Wildman–Crippen MR) is 81.7 cm³/mol. The molecule has 0 spiro atoms. The van der Waals surface area contributed by atoms with Gasteiger partial charge in [0.25, 0.3) is 0 Å². The lowest BCUT2D eigenvalue weighted by Crippen LogP contribution is -2.44. The molecule has 106 valence electrons. The third-order valence-corrected chi connectivity index (χ3v) is 5.87. The molecule has 1 heterocycles. The fourth-order valence-electron chi connectivity index (χ4n) is 2.42. The van der Waals surface area contributed by atoms with Crippen molar-refractivity contribution in [1.82, 2.24) is 10.3 Å². The summed E-state index contributed by atoms with van der Waals surface area (Å²) in [6.45, 7) is 6.19. The van der Waals surface area contributed by atoms with Gasteiger partial charge in [0.2, 0.25) is 5.91 Å². The number of aryl methyl sites for hydroxylation is 1. The monoisotopic (exact) mass is 298 g/mol. The third-order valence-electron chi connectivity index (χ3n) is 3.68. The molecule has 1 aromatic heterocycles. The number of carbonyl (C=O) groups excluding carboxylic acids is 1. The first-order chi connectivity index (χ1) is 9.06. The van der Waals surface area contributed by atoms with Gasteiger partial charge in [0, 0.05) is 17.1 Å². The smallest absolute Gasteiger partial charge is 0.233 e. The van der Waals surface area contributed by atoms with Gasteiger partial charge in [0.15, 0.2) is 4.34 Å². The molecule has 1 fully saturated rings. The maximum absolute atomic E-state index is 12.2. The second-order valence-electron chi connectivity index (χ2n) is 5.39. The quantitative estimate of drug-likeness (QED) is 0.863. The Morgan fingerprint density at radius 3 is 2.89 bits per heavy atom. The molecule has 1 saturated carbocycles. The molecule has 19 heavy (non-hydrogen) atoms. The molecule has 0 saturated heterocycles. The van der Waals surface area contributed by atoms with Crippen LogP contribution in [0.5, 0.6) is 0 Å². The van der Waals surface area contributed by atoms with Crippen LogP contribution in [-0.4, -0.2) is 22.2 Å². The number of hydrogen-bond acceptors (Lipinski definition) is 4. The molecule has 0 radical (unpaired) electrons. The highest BCUT2D eigenvalue weighted by molar-refractivity contribution is 8.02. The number of nitrogens with zero attached hydrogens (tertiary/aromatic N) is 1. The van der Waals surface area contributed by atoms with Crippen LogP contribution in [0.4, 0.5) is 0 Å². The molecule has 0 unspecified atom stereocenters. The summed E-state index contributed by atoms with van der Waals surface area (Å²) in [7, 11) is 0. The van der Waals surface area contributed by atoms with Crippen LogP contribution >= 0.6 is 23.1 Å². The minimum absolute atomic E-state index is 0.0697. The summed E-state index contributed by atoms with van der Waals surface area (Å²) >= 11 is 3.17. The Balaban J connectivity index is 1.85. The van der Waals surface area contributed by atoms with Crippen molar-refractivity contribution >= 4 is 29.0 Å². The summed E-state index contributed by atoms with van der Waals surface area (Å²) < 4.78 is 0.983. The number of thioether (sulfide) groups is 1.